The van der Waals surface area contributed by atoms with E-state index in [1.807, 2.05) is 13.8 Å². The molecule has 1 heterocycles. The van der Waals surface area contributed by atoms with Crippen LogP contribution in [0.2, 0.25) is 0 Å². The minimum absolute atomic E-state index is 0.0386. The highest BCUT2D eigenvalue weighted by molar-refractivity contribution is 4.76. The molecule has 1 rings (SSSR count). The average Bonchev–Trinajstić information content (AvgIpc) is 2.44. The molecule has 0 aromatic heterocycles. The fraction of sp³-hybridized carbons (Fsp3) is 1.00. The zero-order valence-corrected chi connectivity index (χ0v) is 13.0. The second-order valence-electron chi connectivity index (χ2n) is 5.17. The average molecular weight is 272 g/mol. The molecule has 0 spiro atoms. The Labute approximate surface area is 118 Å². The van der Waals surface area contributed by atoms with Crippen molar-refractivity contribution in [2.24, 2.45) is 0 Å². The lowest BCUT2D eigenvalue weighted by atomic mass is 10.0. The highest BCUT2D eigenvalue weighted by atomic mass is 16.7. The van der Waals surface area contributed by atoms with Crippen molar-refractivity contribution >= 4 is 0 Å². The molecule has 0 saturated carbocycles. The minimum Gasteiger partial charge on any atom is -0.353 e. The Morgan fingerprint density at radius 1 is 1.16 bits per heavy atom. The van der Waals surface area contributed by atoms with Gasteiger partial charge in [0.25, 0.3) is 0 Å². The van der Waals surface area contributed by atoms with Crippen LogP contribution in [0.15, 0.2) is 0 Å². The van der Waals surface area contributed by atoms with Gasteiger partial charge in [0, 0.05) is 38.8 Å². The second kappa shape index (κ2) is 10.6. The van der Waals surface area contributed by atoms with Crippen molar-refractivity contribution in [3.63, 3.8) is 0 Å². The van der Waals surface area contributed by atoms with Crippen LogP contribution in [-0.4, -0.2) is 56.6 Å². The van der Waals surface area contributed by atoms with Gasteiger partial charge in [-0.1, -0.05) is 13.3 Å². The van der Waals surface area contributed by atoms with Crippen molar-refractivity contribution in [1.82, 2.24) is 10.2 Å². The van der Waals surface area contributed by atoms with Crippen LogP contribution in [0.4, 0.5) is 0 Å². The monoisotopic (exact) mass is 272 g/mol. The van der Waals surface area contributed by atoms with Crippen molar-refractivity contribution in [3.8, 4) is 0 Å². The van der Waals surface area contributed by atoms with Crippen molar-refractivity contribution in [2.45, 2.75) is 58.8 Å². The molecule has 0 aliphatic carbocycles. The SMILES string of the molecule is CCOC(CCN(CC)CC1CCCCN1)OCC. The summed E-state index contributed by atoms with van der Waals surface area (Å²) in [5, 5.41) is 3.62. The van der Waals surface area contributed by atoms with Gasteiger partial charge in [0.15, 0.2) is 6.29 Å². The zero-order chi connectivity index (χ0) is 13.9. The van der Waals surface area contributed by atoms with Crippen LogP contribution in [0.5, 0.6) is 0 Å². The molecular formula is C15H32N2O2. The molecular weight excluding hydrogens is 240 g/mol. The quantitative estimate of drug-likeness (QED) is 0.618. The summed E-state index contributed by atoms with van der Waals surface area (Å²) >= 11 is 0. The Hall–Kier alpha value is -0.160. The van der Waals surface area contributed by atoms with E-state index in [1.165, 1.54) is 25.8 Å². The fourth-order valence-electron chi connectivity index (χ4n) is 2.64. The molecule has 1 aliphatic heterocycles. The first-order valence-corrected chi connectivity index (χ1v) is 7.99. The predicted octanol–water partition coefficient (Wildman–Crippen LogP) is 2.24. The van der Waals surface area contributed by atoms with E-state index in [0.29, 0.717) is 6.04 Å². The van der Waals surface area contributed by atoms with E-state index in [1.54, 1.807) is 0 Å². The number of nitrogens with zero attached hydrogens (tertiary/aromatic N) is 1. The predicted molar refractivity (Wildman–Crippen MR) is 79.4 cm³/mol. The van der Waals surface area contributed by atoms with Gasteiger partial charge in [0.05, 0.1) is 0 Å². The smallest absolute Gasteiger partial charge is 0.158 e. The highest BCUT2D eigenvalue weighted by Crippen LogP contribution is 2.10. The summed E-state index contributed by atoms with van der Waals surface area (Å²) in [5.74, 6) is 0. The summed E-state index contributed by atoms with van der Waals surface area (Å²) in [6, 6.07) is 0.673. The molecule has 0 aromatic rings. The van der Waals surface area contributed by atoms with Gasteiger partial charge in [0.2, 0.25) is 0 Å². The van der Waals surface area contributed by atoms with Crippen LogP contribution in [0.3, 0.4) is 0 Å². The molecule has 0 radical (unpaired) electrons. The van der Waals surface area contributed by atoms with Crippen LogP contribution < -0.4 is 5.32 Å². The molecule has 1 atom stereocenters. The standard InChI is InChI=1S/C15H32N2O2/c1-4-17(13-14-9-7-8-11-16-14)12-10-15(18-5-2)19-6-3/h14-16H,4-13H2,1-3H3. The summed E-state index contributed by atoms with van der Waals surface area (Å²) in [4.78, 5) is 2.51. The van der Waals surface area contributed by atoms with E-state index in [0.717, 1.165) is 39.3 Å². The summed E-state index contributed by atoms with van der Waals surface area (Å²) in [7, 11) is 0. The van der Waals surface area contributed by atoms with Crippen molar-refractivity contribution in [1.29, 1.82) is 0 Å². The maximum atomic E-state index is 5.60. The van der Waals surface area contributed by atoms with Gasteiger partial charge < -0.3 is 19.7 Å². The maximum absolute atomic E-state index is 5.60. The third-order valence-corrected chi connectivity index (χ3v) is 3.72. The van der Waals surface area contributed by atoms with E-state index < -0.39 is 0 Å². The first-order valence-electron chi connectivity index (χ1n) is 7.99. The molecule has 19 heavy (non-hydrogen) atoms. The molecule has 1 unspecified atom stereocenters. The van der Waals surface area contributed by atoms with Crippen molar-refractivity contribution in [2.75, 3.05) is 39.4 Å². The number of hydrogen-bond acceptors (Lipinski definition) is 4. The van der Waals surface area contributed by atoms with Crippen molar-refractivity contribution < 1.29 is 9.47 Å². The van der Waals surface area contributed by atoms with E-state index in [4.69, 9.17) is 9.47 Å². The number of likely N-dealkylation sites (N-methyl/N-ethyl adjacent to an activating group) is 1. The Kier molecular flexibility index (Phi) is 9.43. The highest BCUT2D eigenvalue weighted by Gasteiger charge is 2.17. The molecule has 1 aliphatic rings. The molecule has 114 valence electrons. The van der Waals surface area contributed by atoms with E-state index in [9.17, 15) is 0 Å². The lowest BCUT2D eigenvalue weighted by Gasteiger charge is -2.30. The van der Waals surface area contributed by atoms with Crippen LogP contribution >= 0.6 is 0 Å². The molecule has 1 fully saturated rings. The van der Waals surface area contributed by atoms with E-state index in [-0.39, 0.29) is 6.29 Å². The van der Waals surface area contributed by atoms with Crippen LogP contribution in [0.1, 0.15) is 46.5 Å². The van der Waals surface area contributed by atoms with Crippen molar-refractivity contribution in [3.05, 3.63) is 0 Å². The molecule has 0 bridgehead atoms. The second-order valence-corrected chi connectivity index (χ2v) is 5.17. The third-order valence-electron chi connectivity index (χ3n) is 3.72. The topological polar surface area (TPSA) is 33.7 Å². The molecule has 0 amide bonds. The third kappa shape index (κ3) is 7.25. The number of hydrogen-bond donors (Lipinski definition) is 1. The number of ether oxygens (including phenoxy) is 2. The Morgan fingerprint density at radius 2 is 1.89 bits per heavy atom. The Morgan fingerprint density at radius 3 is 2.42 bits per heavy atom. The maximum Gasteiger partial charge on any atom is 0.158 e. The van der Waals surface area contributed by atoms with Gasteiger partial charge in [-0.3, -0.25) is 0 Å². The lowest BCUT2D eigenvalue weighted by molar-refractivity contribution is -0.141. The van der Waals surface area contributed by atoms with Gasteiger partial charge in [0.1, 0.15) is 0 Å². The number of rotatable bonds is 10. The number of nitrogens with one attached hydrogen (secondary N) is 1. The van der Waals surface area contributed by atoms with Gasteiger partial charge in [-0.2, -0.15) is 0 Å². The normalized spacial score (nSPS) is 20.4. The fourth-order valence-corrected chi connectivity index (χ4v) is 2.64. The molecule has 4 heteroatoms. The molecule has 1 N–H and O–H groups in total. The zero-order valence-electron chi connectivity index (χ0n) is 13.0. The largest absolute Gasteiger partial charge is 0.353 e. The van der Waals surface area contributed by atoms with Crippen LogP contribution in [0, 0.1) is 0 Å². The Balaban J connectivity index is 2.25. The Bertz CT molecular complexity index is 202. The van der Waals surface area contributed by atoms with Gasteiger partial charge >= 0.3 is 0 Å². The van der Waals surface area contributed by atoms with E-state index in [2.05, 4.69) is 17.1 Å². The first-order chi connectivity index (χ1) is 9.30. The minimum atomic E-state index is -0.0386. The lowest BCUT2D eigenvalue weighted by Crippen LogP contribution is -2.44. The molecule has 4 nitrogen and oxygen atoms in total. The van der Waals surface area contributed by atoms with Crippen LogP contribution in [-0.2, 0) is 9.47 Å². The van der Waals surface area contributed by atoms with Crippen LogP contribution in [0.25, 0.3) is 0 Å². The molecule has 0 aromatic carbocycles. The van der Waals surface area contributed by atoms with Gasteiger partial charge in [-0.05, 0) is 39.8 Å². The summed E-state index contributed by atoms with van der Waals surface area (Å²) in [6.07, 6.45) is 4.94. The molecule has 1 saturated heterocycles. The van der Waals surface area contributed by atoms with Gasteiger partial charge in [-0.15, -0.1) is 0 Å². The first kappa shape index (κ1) is 16.9. The summed E-state index contributed by atoms with van der Waals surface area (Å²) in [6.45, 7) is 12.2. The number of piperidine rings is 1. The summed E-state index contributed by atoms with van der Waals surface area (Å²) < 4.78 is 11.2. The van der Waals surface area contributed by atoms with E-state index >= 15 is 0 Å². The summed E-state index contributed by atoms with van der Waals surface area (Å²) in [5.41, 5.74) is 0. The van der Waals surface area contributed by atoms with Gasteiger partial charge in [-0.25, -0.2) is 0 Å².